The molecule has 3 heterocycles. The highest BCUT2D eigenvalue weighted by Crippen LogP contribution is 2.51. The van der Waals surface area contributed by atoms with Crippen LogP contribution in [0.4, 0.5) is 0 Å². The van der Waals surface area contributed by atoms with E-state index < -0.39 is 0 Å². The van der Waals surface area contributed by atoms with Crippen LogP contribution in [-0.4, -0.2) is 14.5 Å². The Labute approximate surface area is 224 Å². The minimum atomic E-state index is 0.656. The summed E-state index contributed by atoms with van der Waals surface area (Å²) in [6, 6.07) is 46.4. The molecule has 0 fully saturated rings. The highest BCUT2D eigenvalue weighted by Gasteiger charge is 2.28. The second-order valence-electron chi connectivity index (χ2n) is 9.28. The molecule has 1 aliphatic heterocycles. The van der Waals surface area contributed by atoms with Crippen molar-refractivity contribution >= 4 is 33.6 Å². The Bertz CT molecular complexity index is 2010. The molecule has 0 unspecified atom stereocenters. The maximum atomic E-state index is 5.26. The molecular weight excluding hydrogens is 482 g/mol. The molecule has 0 aliphatic carbocycles. The van der Waals surface area contributed by atoms with Crippen molar-refractivity contribution in [2.45, 2.75) is 9.79 Å². The average molecular weight is 502 g/mol. The van der Waals surface area contributed by atoms with Gasteiger partial charge in [-0.25, -0.2) is 9.97 Å². The van der Waals surface area contributed by atoms with Crippen LogP contribution in [0.2, 0.25) is 0 Å². The van der Waals surface area contributed by atoms with Gasteiger partial charge in [-0.15, -0.1) is 0 Å². The van der Waals surface area contributed by atoms with E-state index in [0.29, 0.717) is 5.95 Å². The minimum Gasteiger partial charge on any atom is -0.277 e. The predicted molar refractivity (Wildman–Crippen MR) is 154 cm³/mol. The van der Waals surface area contributed by atoms with Gasteiger partial charge in [0.15, 0.2) is 0 Å². The monoisotopic (exact) mass is 501 g/mol. The first-order chi connectivity index (χ1) is 18.9. The summed E-state index contributed by atoms with van der Waals surface area (Å²) in [5.41, 5.74) is 8.57. The van der Waals surface area contributed by atoms with Gasteiger partial charge in [-0.3, -0.25) is 4.57 Å². The minimum absolute atomic E-state index is 0.656. The molecule has 0 saturated heterocycles. The van der Waals surface area contributed by atoms with Crippen LogP contribution in [0.15, 0.2) is 125 Å². The second-order valence-corrected chi connectivity index (χ2v) is 10.3. The van der Waals surface area contributed by atoms with E-state index in [9.17, 15) is 0 Å². The molecule has 5 aromatic carbocycles. The molecule has 38 heavy (non-hydrogen) atoms. The molecule has 0 bridgehead atoms. The van der Waals surface area contributed by atoms with E-state index >= 15 is 0 Å². The lowest BCUT2D eigenvalue weighted by atomic mass is 9.99. The molecule has 0 amide bonds. The Morgan fingerprint density at radius 2 is 1.42 bits per heavy atom. The third kappa shape index (κ3) is 3.13. The largest absolute Gasteiger partial charge is 0.277 e. The number of benzene rings is 4. The third-order valence-corrected chi connectivity index (χ3v) is 8.20. The zero-order valence-corrected chi connectivity index (χ0v) is 21.0. The van der Waals surface area contributed by atoms with Crippen LogP contribution < -0.4 is 0 Å². The van der Waals surface area contributed by atoms with Crippen molar-refractivity contribution in [3.8, 4) is 39.6 Å². The van der Waals surface area contributed by atoms with Crippen molar-refractivity contribution in [3.63, 3.8) is 0 Å². The summed E-state index contributed by atoms with van der Waals surface area (Å²) in [5, 5.41) is 2.21. The van der Waals surface area contributed by atoms with E-state index in [1.807, 2.05) is 24.3 Å². The molecule has 1 aliphatic rings. The molecule has 0 atom stereocenters. The van der Waals surface area contributed by atoms with Gasteiger partial charge in [0, 0.05) is 32.4 Å². The fraction of sp³-hybridized carbons (Fsp3) is 0. The number of aromatic nitrogens is 3. The predicted octanol–water partition coefficient (Wildman–Crippen LogP) is 8.64. The van der Waals surface area contributed by atoms with Crippen LogP contribution in [0.3, 0.4) is 0 Å². The van der Waals surface area contributed by atoms with E-state index in [-0.39, 0.29) is 0 Å². The summed E-state index contributed by atoms with van der Waals surface area (Å²) >= 11 is 1.74. The summed E-state index contributed by atoms with van der Waals surface area (Å²) in [5.74, 6) is 0.656. The Balaban J connectivity index is 1.55. The van der Waals surface area contributed by atoms with Gasteiger partial charge < -0.3 is 0 Å². The zero-order chi connectivity index (χ0) is 25.1. The Morgan fingerprint density at radius 1 is 0.658 bits per heavy atom. The molecular formula is C34H19N3S. The van der Waals surface area contributed by atoms with Crippen molar-refractivity contribution in [1.82, 2.24) is 14.5 Å². The molecule has 3 nitrogen and oxygen atoms in total. The van der Waals surface area contributed by atoms with Crippen LogP contribution in [0.5, 0.6) is 0 Å². The van der Waals surface area contributed by atoms with E-state index in [4.69, 9.17) is 9.97 Å². The summed E-state index contributed by atoms with van der Waals surface area (Å²) in [6.45, 7) is 0. The molecule has 8 rings (SSSR count). The highest BCUT2D eigenvalue weighted by atomic mass is 32.2. The average Bonchev–Trinajstić information content (AvgIpc) is 3.25. The lowest BCUT2D eigenvalue weighted by Crippen LogP contribution is -2.05. The van der Waals surface area contributed by atoms with Crippen LogP contribution >= 0.6 is 11.8 Å². The lowest BCUT2D eigenvalue weighted by molar-refractivity contribution is 0.988. The maximum absolute atomic E-state index is 5.26. The van der Waals surface area contributed by atoms with Gasteiger partial charge in [0.05, 0.1) is 27.3 Å². The van der Waals surface area contributed by atoms with Gasteiger partial charge >= 0.3 is 0 Å². The number of hydrogen-bond donors (Lipinski definition) is 0. The summed E-state index contributed by atoms with van der Waals surface area (Å²) < 4.78 is 2.24. The van der Waals surface area contributed by atoms with Crippen molar-refractivity contribution in [2.75, 3.05) is 0 Å². The molecule has 0 N–H and O–H groups in total. The topological polar surface area (TPSA) is 30.7 Å². The summed E-state index contributed by atoms with van der Waals surface area (Å²) in [7, 11) is 0. The van der Waals surface area contributed by atoms with Crippen molar-refractivity contribution < 1.29 is 0 Å². The van der Waals surface area contributed by atoms with Crippen molar-refractivity contribution in [2.24, 2.45) is 0 Å². The Kier molecular flexibility index (Phi) is 4.67. The van der Waals surface area contributed by atoms with Gasteiger partial charge in [-0.2, -0.15) is 0 Å². The molecule has 0 spiro atoms. The third-order valence-electron chi connectivity index (χ3n) is 7.10. The van der Waals surface area contributed by atoms with E-state index in [2.05, 4.69) is 108 Å². The first-order valence-corrected chi connectivity index (χ1v) is 13.3. The number of rotatable bonds is 2. The standard InChI is InChI=1S/C34H19N3S/c1-2-12-22(13-3-1)32-23-14-4-8-18-27(23)35-34(36-32)37-28-19-9-5-15-24(28)31-25-16-6-10-20-29(25)38-30-21-11-7-17-26(30)33(31)37/h1-10,12-20H. The molecule has 7 aromatic rings. The van der Waals surface area contributed by atoms with Gasteiger partial charge in [-0.05, 0) is 35.9 Å². The van der Waals surface area contributed by atoms with Gasteiger partial charge in [0.25, 0.3) is 0 Å². The fourth-order valence-corrected chi connectivity index (χ4v) is 6.50. The van der Waals surface area contributed by atoms with Crippen LogP contribution in [0.1, 0.15) is 0 Å². The van der Waals surface area contributed by atoms with Crippen LogP contribution in [0, 0.1) is 12.1 Å². The normalized spacial score (nSPS) is 11.9. The smallest absolute Gasteiger partial charge is 0.235 e. The number of hydrogen-bond acceptors (Lipinski definition) is 3. The molecule has 176 valence electrons. The molecule has 0 saturated carbocycles. The second kappa shape index (κ2) is 8.34. The maximum Gasteiger partial charge on any atom is 0.235 e. The van der Waals surface area contributed by atoms with Crippen LogP contribution in [0.25, 0.3) is 61.4 Å². The Hall–Kier alpha value is -4.85. The number of nitrogens with zero attached hydrogens (tertiary/aromatic N) is 3. The van der Waals surface area contributed by atoms with Crippen LogP contribution in [-0.2, 0) is 0 Å². The molecule has 0 radical (unpaired) electrons. The summed E-state index contributed by atoms with van der Waals surface area (Å²) in [4.78, 5) is 12.7. The first kappa shape index (κ1) is 21.3. The quantitative estimate of drug-likeness (QED) is 0.237. The van der Waals surface area contributed by atoms with E-state index in [1.54, 1.807) is 11.8 Å². The molecule has 2 aromatic heterocycles. The first-order valence-electron chi connectivity index (χ1n) is 12.5. The summed E-state index contributed by atoms with van der Waals surface area (Å²) in [6.07, 6.45) is 0. The zero-order valence-electron chi connectivity index (χ0n) is 20.2. The molecule has 4 heteroatoms. The highest BCUT2D eigenvalue weighted by molar-refractivity contribution is 7.99. The van der Waals surface area contributed by atoms with Crippen molar-refractivity contribution in [3.05, 3.63) is 127 Å². The van der Waals surface area contributed by atoms with E-state index in [0.717, 1.165) is 43.8 Å². The SMILES string of the molecule is c1ccc2c(c#1)Sc1ccccc1-c1c-2n(-c2nc(-c3ccccc3)c3ccccc3n2)c2ccccc12. The van der Waals surface area contributed by atoms with Gasteiger partial charge in [-0.1, -0.05) is 109 Å². The lowest BCUT2D eigenvalue weighted by Gasteiger charge is -2.14. The Morgan fingerprint density at radius 3 is 2.34 bits per heavy atom. The van der Waals surface area contributed by atoms with E-state index in [1.165, 1.54) is 21.4 Å². The van der Waals surface area contributed by atoms with Crippen molar-refractivity contribution in [1.29, 1.82) is 0 Å². The van der Waals surface area contributed by atoms with Gasteiger partial charge in [0.2, 0.25) is 5.95 Å². The number of fused-ring (bicyclic) bond motifs is 8. The fourth-order valence-electron chi connectivity index (χ4n) is 5.47. The van der Waals surface area contributed by atoms with Gasteiger partial charge in [0.1, 0.15) is 0 Å². The number of para-hydroxylation sites is 2.